The number of guanidine groups is 1. The zero-order chi connectivity index (χ0) is 10.7. The van der Waals surface area contributed by atoms with Crippen molar-refractivity contribution in [1.82, 2.24) is 5.32 Å². The molecule has 0 unspecified atom stereocenters. The number of nitrogens with two attached hydrogens (primary N) is 1. The summed E-state index contributed by atoms with van der Waals surface area (Å²) in [5.41, 5.74) is 7.65. The number of hydrogen-bond donors (Lipinski definition) is 3. The third-order valence-corrected chi connectivity index (χ3v) is 2.11. The summed E-state index contributed by atoms with van der Waals surface area (Å²) in [7, 11) is 0. The molecule has 5 nitrogen and oxygen atoms in total. The van der Waals surface area contributed by atoms with Gasteiger partial charge in [-0.1, -0.05) is 0 Å². The summed E-state index contributed by atoms with van der Waals surface area (Å²) in [6, 6.07) is 7.16. The van der Waals surface area contributed by atoms with Gasteiger partial charge in [0.15, 0.2) is 5.96 Å². The molecule has 0 saturated carbocycles. The first-order valence-corrected chi connectivity index (χ1v) is 4.64. The molecule has 76 valence electrons. The Morgan fingerprint density at radius 1 is 1.53 bits per heavy atom. The smallest absolute Gasteiger partial charge is 0.195 e. The normalized spacial score (nSPS) is 13.9. The average molecular weight is 201 g/mol. The van der Waals surface area contributed by atoms with Crippen molar-refractivity contribution < 1.29 is 0 Å². The fraction of sp³-hybridized carbons (Fsp3) is 0.200. The van der Waals surface area contributed by atoms with E-state index in [1.54, 1.807) is 18.2 Å². The summed E-state index contributed by atoms with van der Waals surface area (Å²) in [6.45, 7) is 1.62. The molecular formula is C10H11N5. The molecule has 5 heteroatoms. The van der Waals surface area contributed by atoms with Crippen LogP contribution in [0.3, 0.4) is 0 Å². The first-order chi connectivity index (χ1) is 7.29. The molecule has 15 heavy (non-hydrogen) atoms. The van der Waals surface area contributed by atoms with E-state index in [0.29, 0.717) is 11.3 Å². The molecule has 0 aliphatic carbocycles. The van der Waals surface area contributed by atoms with Crippen LogP contribution in [0.1, 0.15) is 5.56 Å². The van der Waals surface area contributed by atoms with Crippen LogP contribution in [0.25, 0.3) is 0 Å². The number of nitrogen functional groups attached to an aromatic ring is 1. The van der Waals surface area contributed by atoms with Gasteiger partial charge in [-0.05, 0) is 18.2 Å². The average Bonchev–Trinajstić information content (AvgIpc) is 2.74. The number of aliphatic imine (C=N–C) groups is 1. The number of hydrogen-bond acceptors (Lipinski definition) is 5. The summed E-state index contributed by atoms with van der Waals surface area (Å²) in [5.74, 6) is 0.728. The molecule has 0 radical (unpaired) electrons. The highest BCUT2D eigenvalue weighted by Crippen LogP contribution is 2.19. The zero-order valence-electron chi connectivity index (χ0n) is 8.12. The first-order valence-electron chi connectivity index (χ1n) is 4.64. The molecule has 1 aliphatic heterocycles. The largest absolute Gasteiger partial charge is 0.397 e. The molecule has 4 N–H and O–H groups in total. The molecule has 1 aliphatic rings. The third kappa shape index (κ3) is 1.99. The van der Waals surface area contributed by atoms with Gasteiger partial charge in [0.25, 0.3) is 0 Å². The second kappa shape index (κ2) is 3.88. The van der Waals surface area contributed by atoms with Crippen LogP contribution in [0.2, 0.25) is 0 Å². The van der Waals surface area contributed by atoms with Gasteiger partial charge in [0, 0.05) is 6.54 Å². The lowest BCUT2D eigenvalue weighted by molar-refractivity contribution is 0.959. The van der Waals surface area contributed by atoms with Gasteiger partial charge in [-0.3, -0.25) is 4.99 Å². The van der Waals surface area contributed by atoms with Crippen LogP contribution in [0.4, 0.5) is 11.4 Å². The van der Waals surface area contributed by atoms with Crippen molar-refractivity contribution in [2.75, 3.05) is 24.1 Å². The third-order valence-electron chi connectivity index (χ3n) is 2.11. The Labute approximate surface area is 87.6 Å². The van der Waals surface area contributed by atoms with Gasteiger partial charge in [0.05, 0.1) is 29.6 Å². The van der Waals surface area contributed by atoms with Crippen LogP contribution in [0.15, 0.2) is 23.2 Å². The monoisotopic (exact) mass is 201 g/mol. The predicted molar refractivity (Wildman–Crippen MR) is 59.5 cm³/mol. The van der Waals surface area contributed by atoms with Crippen LogP contribution in [0.5, 0.6) is 0 Å². The molecule has 0 fully saturated rings. The van der Waals surface area contributed by atoms with E-state index in [1.165, 1.54) is 0 Å². The molecule has 0 atom stereocenters. The maximum atomic E-state index is 8.68. The zero-order valence-corrected chi connectivity index (χ0v) is 8.12. The van der Waals surface area contributed by atoms with Crippen molar-refractivity contribution in [3.05, 3.63) is 23.8 Å². The van der Waals surface area contributed by atoms with E-state index >= 15 is 0 Å². The summed E-state index contributed by atoms with van der Waals surface area (Å²) < 4.78 is 0. The summed E-state index contributed by atoms with van der Waals surface area (Å²) in [6.07, 6.45) is 0. The van der Waals surface area contributed by atoms with E-state index in [9.17, 15) is 0 Å². The summed E-state index contributed by atoms with van der Waals surface area (Å²) >= 11 is 0. The maximum Gasteiger partial charge on any atom is 0.195 e. The van der Waals surface area contributed by atoms with E-state index in [0.717, 1.165) is 24.7 Å². The number of nitrogens with one attached hydrogen (secondary N) is 2. The van der Waals surface area contributed by atoms with Crippen molar-refractivity contribution in [1.29, 1.82) is 5.26 Å². The molecule has 1 heterocycles. The number of nitriles is 1. The standard InChI is InChI=1S/C10H11N5/c11-6-7-1-2-9(8(12)5-7)15-10-13-3-4-14-10/h1-2,5H,3-4,12H2,(H2,13,14,15). The van der Waals surface area contributed by atoms with Gasteiger partial charge in [-0.15, -0.1) is 0 Å². The Balaban J connectivity index is 2.19. The molecule has 1 aromatic carbocycles. The van der Waals surface area contributed by atoms with E-state index < -0.39 is 0 Å². The van der Waals surface area contributed by atoms with Gasteiger partial charge in [-0.2, -0.15) is 5.26 Å². The highest BCUT2D eigenvalue weighted by atomic mass is 15.2. The maximum absolute atomic E-state index is 8.68. The Morgan fingerprint density at radius 3 is 3.00 bits per heavy atom. The number of anilines is 2. The molecule has 2 rings (SSSR count). The lowest BCUT2D eigenvalue weighted by Gasteiger charge is -2.09. The Kier molecular flexibility index (Phi) is 2.42. The van der Waals surface area contributed by atoms with Gasteiger partial charge in [0.1, 0.15) is 0 Å². The van der Waals surface area contributed by atoms with Crippen LogP contribution < -0.4 is 16.4 Å². The van der Waals surface area contributed by atoms with Crippen LogP contribution in [-0.4, -0.2) is 19.0 Å². The fourth-order valence-electron chi connectivity index (χ4n) is 1.36. The van der Waals surface area contributed by atoms with Crippen LogP contribution >= 0.6 is 0 Å². The predicted octanol–water partition coefficient (Wildman–Crippen LogP) is 0.512. The van der Waals surface area contributed by atoms with Crippen molar-refractivity contribution in [3.8, 4) is 6.07 Å². The molecular weight excluding hydrogens is 190 g/mol. The highest BCUT2D eigenvalue weighted by molar-refractivity contribution is 5.97. The molecule has 0 amide bonds. The second-order valence-electron chi connectivity index (χ2n) is 3.20. The van der Waals surface area contributed by atoms with Crippen molar-refractivity contribution in [3.63, 3.8) is 0 Å². The van der Waals surface area contributed by atoms with Crippen LogP contribution in [-0.2, 0) is 0 Å². The van der Waals surface area contributed by atoms with E-state index in [4.69, 9.17) is 11.0 Å². The molecule has 0 bridgehead atoms. The van der Waals surface area contributed by atoms with Crippen molar-refractivity contribution in [2.45, 2.75) is 0 Å². The summed E-state index contributed by atoms with van der Waals surface area (Å²) in [5, 5.41) is 14.8. The first kappa shape index (κ1) is 9.34. The summed E-state index contributed by atoms with van der Waals surface area (Å²) in [4.78, 5) is 4.19. The lowest BCUT2D eigenvalue weighted by atomic mass is 10.2. The Hall–Kier alpha value is -2.22. The quantitative estimate of drug-likeness (QED) is 0.578. The van der Waals surface area contributed by atoms with Gasteiger partial charge in [0.2, 0.25) is 0 Å². The van der Waals surface area contributed by atoms with Crippen LogP contribution in [0, 0.1) is 11.3 Å². The second-order valence-corrected chi connectivity index (χ2v) is 3.20. The molecule has 0 saturated heterocycles. The number of rotatable bonds is 1. The van der Waals surface area contributed by atoms with Gasteiger partial charge in [-0.25, -0.2) is 0 Å². The van der Waals surface area contributed by atoms with Gasteiger partial charge >= 0.3 is 0 Å². The van der Waals surface area contributed by atoms with Crippen molar-refractivity contribution >= 4 is 17.3 Å². The molecule has 0 spiro atoms. The highest BCUT2D eigenvalue weighted by Gasteiger charge is 2.07. The molecule has 1 aromatic rings. The van der Waals surface area contributed by atoms with Crippen molar-refractivity contribution in [2.24, 2.45) is 4.99 Å². The SMILES string of the molecule is N#Cc1ccc(NC2=NCCN2)c(N)c1. The fourth-order valence-corrected chi connectivity index (χ4v) is 1.36. The molecule has 0 aromatic heterocycles. The lowest BCUT2D eigenvalue weighted by Crippen LogP contribution is -2.26. The Bertz CT molecular complexity index is 444. The Morgan fingerprint density at radius 2 is 2.40 bits per heavy atom. The van der Waals surface area contributed by atoms with E-state index in [-0.39, 0.29) is 0 Å². The topological polar surface area (TPSA) is 86.2 Å². The minimum atomic E-state index is 0.547. The number of benzene rings is 1. The van der Waals surface area contributed by atoms with E-state index in [1.807, 2.05) is 6.07 Å². The number of nitrogens with zero attached hydrogens (tertiary/aromatic N) is 2. The minimum Gasteiger partial charge on any atom is -0.397 e. The van der Waals surface area contributed by atoms with E-state index in [2.05, 4.69) is 15.6 Å². The van der Waals surface area contributed by atoms with Gasteiger partial charge < -0.3 is 16.4 Å². The minimum absolute atomic E-state index is 0.547.